The van der Waals surface area contributed by atoms with Gasteiger partial charge in [0.25, 0.3) is 0 Å². The van der Waals surface area contributed by atoms with Gasteiger partial charge in [-0.2, -0.15) is 0 Å². The van der Waals surface area contributed by atoms with Crippen LogP contribution in [0.5, 0.6) is 0 Å². The lowest BCUT2D eigenvalue weighted by Crippen LogP contribution is -2.09. The molecule has 0 saturated heterocycles. The van der Waals surface area contributed by atoms with Gasteiger partial charge in [0.1, 0.15) is 11.2 Å². The maximum absolute atomic E-state index is 6.17. The average molecular weight is 1060 g/mol. The first kappa shape index (κ1) is 46.4. The molecule has 0 atom stereocenters. The van der Waals surface area contributed by atoms with Crippen molar-refractivity contribution in [3.05, 3.63) is 291 Å². The van der Waals surface area contributed by atoms with Gasteiger partial charge in [-0.15, -0.1) is 11.3 Å². The highest BCUT2D eigenvalue weighted by atomic mass is 32.1. The van der Waals surface area contributed by atoms with E-state index < -0.39 is 0 Å². The summed E-state index contributed by atoms with van der Waals surface area (Å²) in [5, 5.41) is 14.9. The highest BCUT2D eigenvalue weighted by Crippen LogP contribution is 2.44. The standard InChI is InChI=1S/C78H48N2OS/c1-2-13-56(14-3-1)79(58-38-31-52(32-39-58)60-21-12-24-77-78(60)67-20-9-11-23-76(67)82-77)57-36-29-51(30-37-57)54-34-43-73-70(46-54)69-45-53(49-25-27-50(28-26-49)55-35-44-75-71(47-55)66-19-8-10-22-74(66)81-75)33-42-72(69)80(73)59-40-41-65-63-17-5-4-15-61(63)62-16-6-7-18-64(62)68(65)48-59/h1-48H. The fourth-order valence-electron chi connectivity index (χ4n) is 13.1. The monoisotopic (exact) mass is 1060 g/mol. The van der Waals surface area contributed by atoms with Gasteiger partial charge in [-0.05, 0) is 180 Å². The molecule has 82 heavy (non-hydrogen) atoms. The third-order valence-electron chi connectivity index (χ3n) is 17.0. The lowest BCUT2D eigenvalue weighted by molar-refractivity contribution is 0.669. The molecule has 14 aromatic carbocycles. The van der Waals surface area contributed by atoms with Crippen molar-refractivity contribution in [1.82, 2.24) is 4.57 Å². The Hall–Kier alpha value is -10.5. The summed E-state index contributed by atoms with van der Waals surface area (Å²) in [5.74, 6) is 0. The van der Waals surface area contributed by atoms with Gasteiger partial charge < -0.3 is 13.9 Å². The highest BCUT2D eigenvalue weighted by Gasteiger charge is 2.20. The topological polar surface area (TPSA) is 21.3 Å². The van der Waals surface area contributed by atoms with Gasteiger partial charge in [0.2, 0.25) is 0 Å². The summed E-state index contributed by atoms with van der Waals surface area (Å²) in [7, 11) is 0. The minimum atomic E-state index is 0.907. The Morgan fingerprint density at radius 2 is 0.720 bits per heavy atom. The molecule has 3 nitrogen and oxygen atoms in total. The maximum Gasteiger partial charge on any atom is 0.135 e. The van der Waals surface area contributed by atoms with E-state index in [0.717, 1.165) is 66.8 Å². The van der Waals surface area contributed by atoms with Crippen molar-refractivity contribution in [3.63, 3.8) is 0 Å². The summed E-state index contributed by atoms with van der Waals surface area (Å²) in [6, 6.07) is 107. The smallest absolute Gasteiger partial charge is 0.135 e. The van der Waals surface area contributed by atoms with E-state index in [1.807, 2.05) is 23.5 Å². The first-order valence-electron chi connectivity index (χ1n) is 28.0. The summed E-state index contributed by atoms with van der Waals surface area (Å²) in [6.45, 7) is 0. The zero-order valence-corrected chi connectivity index (χ0v) is 45.2. The molecule has 0 radical (unpaired) electrons. The van der Waals surface area contributed by atoms with Crippen molar-refractivity contribution in [2.75, 3.05) is 4.90 Å². The van der Waals surface area contributed by atoms with Crippen LogP contribution in [-0.4, -0.2) is 4.57 Å². The molecule has 0 N–H and O–H groups in total. The van der Waals surface area contributed by atoms with Gasteiger partial charge in [-0.3, -0.25) is 0 Å². The lowest BCUT2D eigenvalue weighted by atomic mass is 9.94. The molecular formula is C78H48N2OS. The zero-order chi connectivity index (χ0) is 53.8. The van der Waals surface area contributed by atoms with Crippen LogP contribution in [-0.2, 0) is 0 Å². The number of rotatable bonds is 8. The molecule has 0 amide bonds. The summed E-state index contributed by atoms with van der Waals surface area (Å²) >= 11 is 1.86. The fraction of sp³-hybridized carbons (Fsp3) is 0. The van der Waals surface area contributed by atoms with Crippen molar-refractivity contribution in [1.29, 1.82) is 0 Å². The Bertz CT molecular complexity index is 5340. The van der Waals surface area contributed by atoms with Gasteiger partial charge in [0, 0.05) is 64.5 Å². The molecule has 0 aliphatic heterocycles. The second-order valence-electron chi connectivity index (χ2n) is 21.5. The van der Waals surface area contributed by atoms with Crippen LogP contribution < -0.4 is 4.90 Å². The summed E-state index contributed by atoms with van der Waals surface area (Å²) in [5.41, 5.74) is 18.0. The molecule has 0 unspecified atom stereocenters. The van der Waals surface area contributed by atoms with Crippen molar-refractivity contribution >= 4 is 125 Å². The number of aromatic nitrogens is 1. The summed E-state index contributed by atoms with van der Waals surface area (Å²) < 4.78 is 11.3. The molecule has 382 valence electrons. The zero-order valence-electron chi connectivity index (χ0n) is 44.4. The minimum Gasteiger partial charge on any atom is -0.456 e. The molecule has 0 fully saturated rings. The van der Waals surface area contributed by atoms with E-state index in [-0.39, 0.29) is 0 Å². The number of fused-ring (bicyclic) bond motifs is 15. The second-order valence-corrected chi connectivity index (χ2v) is 22.6. The minimum absolute atomic E-state index is 0.907. The molecule has 0 aliphatic carbocycles. The van der Waals surface area contributed by atoms with Gasteiger partial charge in [-0.1, -0.05) is 188 Å². The van der Waals surface area contributed by atoms with E-state index in [1.165, 1.54) is 96.6 Å². The predicted octanol–water partition coefficient (Wildman–Crippen LogP) is 22.6. The Morgan fingerprint density at radius 3 is 1.35 bits per heavy atom. The Balaban J connectivity index is 0.772. The van der Waals surface area contributed by atoms with Crippen molar-refractivity contribution in [3.8, 4) is 50.2 Å². The quantitative estimate of drug-likeness (QED) is 0.141. The van der Waals surface area contributed by atoms with Crippen LogP contribution in [0.15, 0.2) is 296 Å². The molecule has 3 heterocycles. The fourth-order valence-corrected chi connectivity index (χ4v) is 14.2. The molecule has 4 heteroatoms. The molecule has 0 aliphatic rings. The number of para-hydroxylation sites is 2. The highest BCUT2D eigenvalue weighted by molar-refractivity contribution is 7.26. The number of hydrogen-bond donors (Lipinski definition) is 0. The van der Waals surface area contributed by atoms with Crippen LogP contribution in [0, 0.1) is 0 Å². The number of anilines is 3. The van der Waals surface area contributed by atoms with Crippen LogP contribution in [0.3, 0.4) is 0 Å². The predicted molar refractivity (Wildman–Crippen MR) is 350 cm³/mol. The molecule has 17 rings (SSSR count). The number of thiophene rings is 1. The van der Waals surface area contributed by atoms with Crippen molar-refractivity contribution in [2.45, 2.75) is 0 Å². The van der Waals surface area contributed by atoms with Crippen LogP contribution in [0.25, 0.3) is 146 Å². The van der Waals surface area contributed by atoms with E-state index in [9.17, 15) is 0 Å². The number of nitrogens with zero attached hydrogens (tertiary/aromatic N) is 2. The van der Waals surface area contributed by atoms with Crippen LogP contribution >= 0.6 is 11.3 Å². The van der Waals surface area contributed by atoms with Crippen LogP contribution in [0.1, 0.15) is 0 Å². The molecule has 0 spiro atoms. The molecular weight excluding hydrogens is 1010 g/mol. The van der Waals surface area contributed by atoms with E-state index in [4.69, 9.17) is 4.42 Å². The van der Waals surface area contributed by atoms with Gasteiger partial charge in [0.15, 0.2) is 0 Å². The first-order valence-corrected chi connectivity index (χ1v) is 28.9. The third kappa shape index (κ3) is 7.43. The Kier molecular flexibility index (Phi) is 10.5. The maximum atomic E-state index is 6.17. The Morgan fingerprint density at radius 1 is 0.268 bits per heavy atom. The lowest BCUT2D eigenvalue weighted by Gasteiger charge is -2.26. The average Bonchev–Trinajstić information content (AvgIpc) is 4.39. The molecule has 0 bridgehead atoms. The number of benzene rings is 14. The molecule has 17 aromatic rings. The molecule has 3 aromatic heterocycles. The summed E-state index contributed by atoms with van der Waals surface area (Å²) in [6.07, 6.45) is 0. The van der Waals surface area contributed by atoms with Crippen molar-refractivity contribution in [2.24, 2.45) is 0 Å². The van der Waals surface area contributed by atoms with Gasteiger partial charge in [-0.25, -0.2) is 0 Å². The van der Waals surface area contributed by atoms with Gasteiger partial charge >= 0.3 is 0 Å². The number of furan rings is 1. The van der Waals surface area contributed by atoms with E-state index in [1.54, 1.807) is 0 Å². The van der Waals surface area contributed by atoms with E-state index >= 15 is 0 Å². The first-order chi connectivity index (χ1) is 40.6. The number of hydrogen-bond acceptors (Lipinski definition) is 3. The Labute approximate surface area is 477 Å². The SMILES string of the molecule is c1ccc(N(c2ccc(-c3ccc4c(c3)c3cc(-c5ccc(-c6ccc7oc8ccccc8c7c6)cc5)ccc3n4-c3ccc4c5ccccc5c5ccccc5c4c3)cc2)c2ccc(-c3cccc4sc5ccccc5c34)cc2)cc1. The largest absolute Gasteiger partial charge is 0.456 e. The van der Waals surface area contributed by atoms with E-state index in [2.05, 4.69) is 289 Å². The summed E-state index contributed by atoms with van der Waals surface area (Å²) in [4.78, 5) is 2.36. The van der Waals surface area contributed by atoms with Crippen molar-refractivity contribution < 1.29 is 4.42 Å². The third-order valence-corrected chi connectivity index (χ3v) is 18.1. The molecule has 0 saturated carbocycles. The van der Waals surface area contributed by atoms with E-state index in [0.29, 0.717) is 0 Å². The van der Waals surface area contributed by atoms with Gasteiger partial charge in [0.05, 0.1) is 11.0 Å². The normalized spacial score (nSPS) is 11.9. The van der Waals surface area contributed by atoms with Crippen LogP contribution in [0.2, 0.25) is 0 Å². The second kappa shape index (κ2) is 18.5. The van der Waals surface area contributed by atoms with Crippen LogP contribution in [0.4, 0.5) is 17.1 Å².